The molecule has 0 saturated heterocycles. The molecule has 0 amide bonds. The van der Waals surface area contributed by atoms with E-state index in [1.165, 1.54) is 6.92 Å². The molecule has 0 saturated carbocycles. The summed E-state index contributed by atoms with van der Waals surface area (Å²) in [6.07, 6.45) is 0.881. The Morgan fingerprint density at radius 3 is 2.64 bits per heavy atom. The fourth-order valence-electron chi connectivity index (χ4n) is 0.642. The average Bonchev–Trinajstić information content (AvgIpc) is 1.88. The summed E-state index contributed by atoms with van der Waals surface area (Å²) in [6.45, 7) is 1.81. The number of nitrogens with two attached hydrogens (primary N) is 1. The lowest BCUT2D eigenvalue weighted by Crippen LogP contribution is -2.45. The molecule has 1 unspecified atom stereocenters. The molecule has 66 valence electrons. The number of nitrogens with one attached hydrogen (secondary N) is 1. The highest BCUT2D eigenvalue weighted by Crippen LogP contribution is 2.07. The Morgan fingerprint density at radius 2 is 2.27 bits per heavy atom. The number of hydroxylamine groups is 1. The van der Waals surface area contributed by atoms with Crippen LogP contribution in [0.3, 0.4) is 0 Å². The molecular formula is C6H14N2O3. The molecule has 5 heteroatoms. The molecular weight excluding hydrogens is 148 g/mol. The van der Waals surface area contributed by atoms with Crippen molar-refractivity contribution >= 4 is 5.97 Å². The van der Waals surface area contributed by atoms with Crippen LogP contribution in [0.5, 0.6) is 0 Å². The van der Waals surface area contributed by atoms with Crippen molar-refractivity contribution in [3.8, 4) is 0 Å². The van der Waals surface area contributed by atoms with E-state index < -0.39 is 11.5 Å². The van der Waals surface area contributed by atoms with Crippen LogP contribution >= 0.6 is 0 Å². The van der Waals surface area contributed by atoms with Crippen molar-refractivity contribution in [1.82, 2.24) is 5.48 Å². The van der Waals surface area contributed by atoms with Crippen LogP contribution in [0.4, 0.5) is 0 Å². The summed E-state index contributed by atoms with van der Waals surface area (Å²) in [6, 6.07) is 0. The Kier molecular flexibility index (Phi) is 4.02. The van der Waals surface area contributed by atoms with E-state index >= 15 is 0 Å². The van der Waals surface area contributed by atoms with Crippen molar-refractivity contribution in [3.63, 3.8) is 0 Å². The molecule has 0 heterocycles. The molecule has 0 aromatic carbocycles. The number of aliphatic carboxylic acids is 1. The van der Waals surface area contributed by atoms with E-state index in [0.29, 0.717) is 19.4 Å². The van der Waals surface area contributed by atoms with E-state index in [-0.39, 0.29) is 0 Å². The number of carboxylic acid groups (broad SMARTS) is 1. The van der Waals surface area contributed by atoms with Crippen LogP contribution < -0.4 is 11.2 Å². The zero-order valence-electron chi connectivity index (χ0n) is 6.50. The van der Waals surface area contributed by atoms with Gasteiger partial charge in [0.2, 0.25) is 0 Å². The number of hydrogen-bond acceptors (Lipinski definition) is 4. The topological polar surface area (TPSA) is 95.6 Å². The van der Waals surface area contributed by atoms with Crippen LogP contribution in [-0.4, -0.2) is 28.4 Å². The molecule has 0 bridgehead atoms. The van der Waals surface area contributed by atoms with Crippen LogP contribution in [0.25, 0.3) is 0 Å². The van der Waals surface area contributed by atoms with Gasteiger partial charge in [0, 0.05) is 6.54 Å². The largest absolute Gasteiger partial charge is 0.480 e. The van der Waals surface area contributed by atoms with Crippen LogP contribution in [0.1, 0.15) is 19.8 Å². The molecule has 0 rings (SSSR count). The first kappa shape index (κ1) is 10.3. The summed E-state index contributed by atoms with van der Waals surface area (Å²) in [5, 5.41) is 16.7. The minimum Gasteiger partial charge on any atom is -0.480 e. The standard InChI is InChI=1S/C6H14N2O3/c1-6(7,5(9)10)3-2-4-8-11/h8,11H,2-4,7H2,1H3,(H,9,10). The third-order valence-corrected chi connectivity index (χ3v) is 1.47. The van der Waals surface area contributed by atoms with Gasteiger partial charge in [0.15, 0.2) is 0 Å². The molecule has 0 aliphatic heterocycles. The minimum atomic E-state index is -1.18. The van der Waals surface area contributed by atoms with Gasteiger partial charge < -0.3 is 16.0 Å². The van der Waals surface area contributed by atoms with Gasteiger partial charge in [-0.2, -0.15) is 0 Å². The number of carboxylic acids is 1. The van der Waals surface area contributed by atoms with Gasteiger partial charge >= 0.3 is 5.97 Å². The normalized spacial score (nSPS) is 15.9. The lowest BCUT2D eigenvalue weighted by atomic mass is 9.98. The average molecular weight is 162 g/mol. The first-order chi connectivity index (χ1) is 5.00. The van der Waals surface area contributed by atoms with Crippen molar-refractivity contribution in [2.45, 2.75) is 25.3 Å². The van der Waals surface area contributed by atoms with Crippen LogP contribution in [-0.2, 0) is 4.79 Å². The quantitative estimate of drug-likeness (QED) is 0.324. The van der Waals surface area contributed by atoms with Crippen molar-refractivity contribution in [2.24, 2.45) is 5.73 Å². The van der Waals surface area contributed by atoms with Crippen molar-refractivity contribution in [1.29, 1.82) is 0 Å². The van der Waals surface area contributed by atoms with Crippen molar-refractivity contribution < 1.29 is 15.1 Å². The molecule has 0 spiro atoms. The Balaban J connectivity index is 3.64. The van der Waals surface area contributed by atoms with Crippen LogP contribution in [0.2, 0.25) is 0 Å². The highest BCUT2D eigenvalue weighted by atomic mass is 16.5. The fourth-order valence-corrected chi connectivity index (χ4v) is 0.642. The monoisotopic (exact) mass is 162 g/mol. The highest BCUT2D eigenvalue weighted by molar-refractivity contribution is 5.77. The van der Waals surface area contributed by atoms with Gasteiger partial charge in [-0.3, -0.25) is 4.79 Å². The van der Waals surface area contributed by atoms with Gasteiger partial charge in [0.1, 0.15) is 5.54 Å². The number of carbonyl (C=O) groups is 1. The Morgan fingerprint density at radius 1 is 1.73 bits per heavy atom. The van der Waals surface area contributed by atoms with Crippen LogP contribution in [0.15, 0.2) is 0 Å². The van der Waals surface area contributed by atoms with Gasteiger partial charge in [0.25, 0.3) is 0 Å². The summed E-state index contributed by atoms with van der Waals surface area (Å²) < 4.78 is 0. The molecule has 0 aromatic rings. The molecule has 0 aliphatic carbocycles. The van der Waals surface area contributed by atoms with E-state index in [9.17, 15) is 4.79 Å². The maximum absolute atomic E-state index is 10.4. The Hall–Kier alpha value is -0.650. The summed E-state index contributed by atoms with van der Waals surface area (Å²) in [4.78, 5) is 10.4. The lowest BCUT2D eigenvalue weighted by molar-refractivity contribution is -0.142. The summed E-state index contributed by atoms with van der Waals surface area (Å²) in [5.74, 6) is -1.02. The molecule has 11 heavy (non-hydrogen) atoms. The smallest absolute Gasteiger partial charge is 0.323 e. The first-order valence-electron chi connectivity index (χ1n) is 3.40. The molecule has 5 nitrogen and oxygen atoms in total. The van der Waals surface area contributed by atoms with Gasteiger partial charge in [-0.05, 0) is 19.8 Å². The van der Waals surface area contributed by atoms with E-state index in [1.54, 1.807) is 0 Å². The van der Waals surface area contributed by atoms with Crippen molar-refractivity contribution in [3.05, 3.63) is 0 Å². The number of rotatable bonds is 5. The fraction of sp³-hybridized carbons (Fsp3) is 0.833. The van der Waals surface area contributed by atoms with E-state index in [2.05, 4.69) is 0 Å². The third kappa shape index (κ3) is 3.92. The zero-order chi connectivity index (χ0) is 8.91. The second-order valence-electron chi connectivity index (χ2n) is 2.73. The van der Waals surface area contributed by atoms with Gasteiger partial charge in [0.05, 0.1) is 0 Å². The molecule has 5 N–H and O–H groups in total. The van der Waals surface area contributed by atoms with Crippen molar-refractivity contribution in [2.75, 3.05) is 6.54 Å². The second kappa shape index (κ2) is 4.27. The molecule has 0 aromatic heterocycles. The molecule has 0 fully saturated rings. The first-order valence-corrected chi connectivity index (χ1v) is 3.40. The summed E-state index contributed by atoms with van der Waals surface area (Å²) >= 11 is 0. The van der Waals surface area contributed by atoms with Gasteiger partial charge in [-0.1, -0.05) is 0 Å². The predicted octanol–water partition coefficient (Wildman–Crippen LogP) is -0.453. The van der Waals surface area contributed by atoms with E-state index in [4.69, 9.17) is 16.0 Å². The van der Waals surface area contributed by atoms with E-state index in [0.717, 1.165) is 0 Å². The van der Waals surface area contributed by atoms with Gasteiger partial charge in [-0.25, -0.2) is 5.48 Å². The summed E-state index contributed by atoms with van der Waals surface area (Å²) in [5.41, 5.74) is 6.14. The summed E-state index contributed by atoms with van der Waals surface area (Å²) in [7, 11) is 0. The lowest BCUT2D eigenvalue weighted by Gasteiger charge is -2.18. The maximum Gasteiger partial charge on any atom is 0.323 e. The third-order valence-electron chi connectivity index (χ3n) is 1.47. The maximum atomic E-state index is 10.4. The molecule has 0 radical (unpaired) electrons. The number of hydrogen-bond donors (Lipinski definition) is 4. The van der Waals surface area contributed by atoms with E-state index in [1.807, 2.05) is 5.48 Å². The molecule has 0 aliphatic rings. The Labute approximate surface area is 65.2 Å². The van der Waals surface area contributed by atoms with Gasteiger partial charge in [-0.15, -0.1) is 0 Å². The Bertz CT molecular complexity index is 136. The minimum absolute atomic E-state index is 0.343. The molecule has 1 atom stereocenters. The predicted molar refractivity (Wildman–Crippen MR) is 39.3 cm³/mol. The highest BCUT2D eigenvalue weighted by Gasteiger charge is 2.26. The SMILES string of the molecule is CC(N)(CCCNO)C(=O)O. The zero-order valence-corrected chi connectivity index (χ0v) is 6.50. The second-order valence-corrected chi connectivity index (χ2v) is 2.73. The van der Waals surface area contributed by atoms with Crippen LogP contribution in [0, 0.1) is 0 Å².